The van der Waals surface area contributed by atoms with Crippen molar-refractivity contribution in [3.63, 3.8) is 0 Å². The highest BCUT2D eigenvalue weighted by Gasteiger charge is 2.27. The molecule has 2 aromatic heterocycles. The van der Waals surface area contributed by atoms with Gasteiger partial charge < -0.3 is 20.2 Å². The van der Waals surface area contributed by atoms with E-state index in [4.69, 9.17) is 4.42 Å². The van der Waals surface area contributed by atoms with Gasteiger partial charge in [-0.1, -0.05) is 6.92 Å². The summed E-state index contributed by atoms with van der Waals surface area (Å²) in [7, 11) is 0. The van der Waals surface area contributed by atoms with Crippen molar-refractivity contribution in [2.45, 2.75) is 53.2 Å². The first-order valence-corrected chi connectivity index (χ1v) is 9.43. The summed E-state index contributed by atoms with van der Waals surface area (Å²) in [6.45, 7) is 11.2. The second-order valence-corrected chi connectivity index (χ2v) is 7.42. The lowest BCUT2D eigenvalue weighted by Crippen LogP contribution is -2.44. The third-order valence-electron chi connectivity index (χ3n) is 3.89. The molecule has 0 aromatic carbocycles. The Kier molecular flexibility index (Phi) is 9.05. The van der Waals surface area contributed by atoms with Crippen molar-refractivity contribution in [1.82, 2.24) is 15.6 Å². The van der Waals surface area contributed by atoms with E-state index in [-0.39, 0.29) is 24.0 Å². The van der Waals surface area contributed by atoms with Crippen LogP contribution in [0.3, 0.4) is 0 Å². The third kappa shape index (κ3) is 6.24. The average Bonchev–Trinajstić information content (AvgIpc) is 3.16. The van der Waals surface area contributed by atoms with E-state index in [1.807, 2.05) is 33.0 Å². The van der Waals surface area contributed by atoms with Crippen LogP contribution in [0.4, 0.5) is 0 Å². The van der Waals surface area contributed by atoms with Gasteiger partial charge in [-0.25, -0.2) is 9.98 Å². The molecule has 146 valence electrons. The molecule has 2 heterocycles. The van der Waals surface area contributed by atoms with Crippen LogP contribution in [0, 0.1) is 13.8 Å². The van der Waals surface area contributed by atoms with Gasteiger partial charge in [0.1, 0.15) is 22.1 Å². The molecule has 0 aliphatic rings. The lowest BCUT2D eigenvalue weighted by Gasteiger charge is -2.24. The number of guanidine groups is 1. The number of nitrogens with one attached hydrogen (secondary N) is 2. The molecule has 26 heavy (non-hydrogen) atoms. The molecule has 0 aliphatic heterocycles. The zero-order valence-electron chi connectivity index (χ0n) is 16.0. The number of hydrogen-bond donors (Lipinski definition) is 3. The second kappa shape index (κ2) is 10.3. The van der Waals surface area contributed by atoms with Crippen LogP contribution in [-0.4, -0.2) is 29.1 Å². The molecule has 3 N–H and O–H groups in total. The monoisotopic (exact) mass is 492 g/mol. The fourth-order valence-corrected chi connectivity index (χ4v) is 3.38. The Morgan fingerprint density at radius 1 is 1.35 bits per heavy atom. The largest absolute Gasteiger partial charge is 0.466 e. The summed E-state index contributed by atoms with van der Waals surface area (Å²) >= 11 is 1.68. The van der Waals surface area contributed by atoms with Crippen molar-refractivity contribution in [3.8, 4) is 0 Å². The van der Waals surface area contributed by atoms with Gasteiger partial charge in [-0.05, 0) is 40.2 Å². The Hall–Kier alpha value is -1.13. The van der Waals surface area contributed by atoms with Crippen LogP contribution >= 0.6 is 35.3 Å². The molecule has 0 fully saturated rings. The molecular weight excluding hydrogens is 463 g/mol. The van der Waals surface area contributed by atoms with Gasteiger partial charge in [0.25, 0.3) is 0 Å². The second-order valence-electron chi connectivity index (χ2n) is 6.22. The Morgan fingerprint density at radius 3 is 2.62 bits per heavy atom. The summed E-state index contributed by atoms with van der Waals surface area (Å²) in [5.74, 6) is 2.19. The summed E-state index contributed by atoms with van der Waals surface area (Å²) in [5, 5.41) is 18.2. The maximum Gasteiger partial charge on any atom is 0.191 e. The average molecular weight is 492 g/mol. The highest BCUT2D eigenvalue weighted by atomic mass is 127. The molecule has 0 aliphatic carbocycles. The summed E-state index contributed by atoms with van der Waals surface area (Å²) in [4.78, 5) is 10.2. The molecule has 6 nitrogen and oxygen atoms in total. The molecule has 1 atom stereocenters. The Morgan fingerprint density at radius 2 is 2.08 bits per heavy atom. The van der Waals surface area contributed by atoms with Crippen LogP contribution in [0.25, 0.3) is 0 Å². The molecule has 0 saturated carbocycles. The first kappa shape index (κ1) is 22.9. The topological polar surface area (TPSA) is 82.7 Å². The summed E-state index contributed by atoms with van der Waals surface area (Å²) in [6.07, 6.45) is 2.90. The van der Waals surface area contributed by atoms with Gasteiger partial charge in [-0.2, -0.15) is 0 Å². The number of aromatic nitrogens is 1. The minimum absolute atomic E-state index is 0. The van der Waals surface area contributed by atoms with E-state index in [9.17, 15) is 5.11 Å². The predicted octanol–water partition coefficient (Wildman–Crippen LogP) is 3.50. The van der Waals surface area contributed by atoms with Crippen LogP contribution < -0.4 is 10.6 Å². The normalized spacial score (nSPS) is 13.8. The standard InChI is InChI=1S/C18H28N4O2S.HI/c1-6-14-9-20-16(25-14)10-21-17(19-7-2)22-11-18(5,23)15-8-12(3)24-13(15)4;/h8-9,23H,6-7,10-11H2,1-5H3,(H2,19,21,22);1H. The Bertz CT molecular complexity index is 725. The fraction of sp³-hybridized carbons (Fsp3) is 0.556. The van der Waals surface area contributed by atoms with Gasteiger partial charge in [0.15, 0.2) is 5.96 Å². The first-order valence-electron chi connectivity index (χ1n) is 8.61. The van der Waals surface area contributed by atoms with Crippen molar-refractivity contribution < 1.29 is 9.52 Å². The van der Waals surface area contributed by atoms with Gasteiger partial charge in [0, 0.05) is 23.2 Å². The van der Waals surface area contributed by atoms with Crippen LogP contribution in [-0.2, 0) is 18.6 Å². The van der Waals surface area contributed by atoms with Crippen molar-refractivity contribution in [3.05, 3.63) is 39.2 Å². The van der Waals surface area contributed by atoms with Gasteiger partial charge in [0.2, 0.25) is 0 Å². The number of halogens is 1. The van der Waals surface area contributed by atoms with Crippen molar-refractivity contribution in [2.24, 2.45) is 4.99 Å². The molecule has 8 heteroatoms. The lowest BCUT2D eigenvalue weighted by atomic mass is 9.96. The fourth-order valence-electron chi connectivity index (χ4n) is 2.59. The number of hydrogen-bond acceptors (Lipinski definition) is 5. The van der Waals surface area contributed by atoms with Crippen LogP contribution in [0.2, 0.25) is 0 Å². The number of aliphatic imine (C=N–C) groups is 1. The first-order chi connectivity index (χ1) is 11.9. The Labute approximate surface area is 176 Å². The molecular formula is C18H29IN4O2S. The molecule has 1 unspecified atom stereocenters. The molecule has 2 rings (SSSR count). The van der Waals surface area contributed by atoms with Gasteiger partial charge in [0.05, 0.1) is 13.1 Å². The number of furan rings is 1. The molecule has 0 bridgehead atoms. The zero-order valence-corrected chi connectivity index (χ0v) is 19.2. The number of thiazole rings is 1. The van der Waals surface area contributed by atoms with Gasteiger partial charge in [-0.15, -0.1) is 35.3 Å². The van der Waals surface area contributed by atoms with Crippen LogP contribution in [0.1, 0.15) is 47.7 Å². The van der Waals surface area contributed by atoms with E-state index in [0.717, 1.165) is 35.1 Å². The predicted molar refractivity (Wildman–Crippen MR) is 117 cm³/mol. The number of aryl methyl sites for hydroxylation is 3. The van der Waals surface area contributed by atoms with Crippen LogP contribution in [0.15, 0.2) is 21.7 Å². The number of aliphatic hydroxyl groups is 1. The smallest absolute Gasteiger partial charge is 0.191 e. The van der Waals surface area contributed by atoms with E-state index in [0.29, 0.717) is 19.0 Å². The highest BCUT2D eigenvalue weighted by Crippen LogP contribution is 2.26. The number of rotatable bonds is 7. The van der Waals surface area contributed by atoms with E-state index in [1.54, 1.807) is 18.3 Å². The van der Waals surface area contributed by atoms with E-state index in [2.05, 4.69) is 27.5 Å². The minimum atomic E-state index is -1.05. The van der Waals surface area contributed by atoms with Gasteiger partial charge in [-0.3, -0.25) is 0 Å². The SMILES string of the molecule is CCNC(=NCc1ncc(CC)s1)NCC(C)(O)c1cc(C)oc1C.I. The van der Waals surface area contributed by atoms with E-state index < -0.39 is 5.60 Å². The summed E-state index contributed by atoms with van der Waals surface area (Å²) in [5.41, 5.74) is -0.255. The minimum Gasteiger partial charge on any atom is -0.466 e. The van der Waals surface area contributed by atoms with Crippen LogP contribution in [0.5, 0.6) is 0 Å². The Balaban J connectivity index is 0.00000338. The molecule has 2 aromatic rings. The molecule has 0 amide bonds. The summed E-state index contributed by atoms with van der Waals surface area (Å²) < 4.78 is 5.53. The zero-order chi connectivity index (χ0) is 18.4. The number of nitrogens with zero attached hydrogens (tertiary/aromatic N) is 2. The lowest BCUT2D eigenvalue weighted by molar-refractivity contribution is 0.0601. The van der Waals surface area contributed by atoms with Crippen molar-refractivity contribution in [1.29, 1.82) is 0 Å². The molecule has 0 radical (unpaired) electrons. The van der Waals surface area contributed by atoms with E-state index in [1.165, 1.54) is 4.88 Å². The van der Waals surface area contributed by atoms with Crippen molar-refractivity contribution >= 4 is 41.3 Å². The third-order valence-corrected chi connectivity index (χ3v) is 5.01. The maximum absolute atomic E-state index is 10.8. The molecule has 0 spiro atoms. The highest BCUT2D eigenvalue weighted by molar-refractivity contribution is 14.0. The summed E-state index contributed by atoms with van der Waals surface area (Å²) in [6, 6.07) is 1.88. The van der Waals surface area contributed by atoms with Crippen molar-refractivity contribution in [2.75, 3.05) is 13.1 Å². The molecule has 0 saturated heterocycles. The van der Waals surface area contributed by atoms with E-state index >= 15 is 0 Å². The maximum atomic E-state index is 10.8. The van der Waals surface area contributed by atoms with Gasteiger partial charge >= 0.3 is 0 Å². The quantitative estimate of drug-likeness (QED) is 0.313.